The monoisotopic (exact) mass is 247 g/mol. The van der Waals surface area contributed by atoms with Gasteiger partial charge in [-0.2, -0.15) is 4.98 Å². The van der Waals surface area contributed by atoms with E-state index in [1.807, 2.05) is 0 Å². The predicted molar refractivity (Wildman–Crippen MR) is 63.5 cm³/mol. The van der Waals surface area contributed by atoms with Gasteiger partial charge in [-0.25, -0.2) is 9.97 Å². The molecule has 0 spiro atoms. The van der Waals surface area contributed by atoms with Gasteiger partial charge in [0.1, 0.15) is 12.0 Å². The molecule has 0 saturated heterocycles. The molecular formula is C10H9N5OS. The van der Waals surface area contributed by atoms with Crippen LogP contribution in [0.25, 0.3) is 0 Å². The number of nitrogen functional groups attached to an aromatic ring is 1. The minimum absolute atomic E-state index is 0.0745. The zero-order valence-electron chi connectivity index (χ0n) is 8.78. The molecule has 2 aromatic rings. The average Bonchev–Trinajstić information content (AvgIpc) is 2.37. The standard InChI is InChI=1S/C10H9N5OS/c11-9-13-6-14-10(15-9)17-5-8(16)7-3-1-2-4-12-7/h1-4,6H,5H2,(H2,11,13,14,15). The van der Waals surface area contributed by atoms with Crippen LogP contribution < -0.4 is 5.73 Å². The maximum atomic E-state index is 11.7. The van der Waals surface area contributed by atoms with Crippen LogP contribution in [0.4, 0.5) is 5.95 Å². The van der Waals surface area contributed by atoms with E-state index in [9.17, 15) is 4.79 Å². The summed E-state index contributed by atoms with van der Waals surface area (Å²) in [6, 6.07) is 5.20. The largest absolute Gasteiger partial charge is 0.368 e. The van der Waals surface area contributed by atoms with Crippen LogP contribution in [-0.4, -0.2) is 31.5 Å². The molecule has 2 aromatic heterocycles. The third kappa shape index (κ3) is 3.22. The molecule has 0 aliphatic heterocycles. The zero-order chi connectivity index (χ0) is 12.1. The van der Waals surface area contributed by atoms with Crippen LogP contribution in [0.1, 0.15) is 10.5 Å². The number of rotatable bonds is 4. The molecular weight excluding hydrogens is 238 g/mol. The van der Waals surface area contributed by atoms with Crippen LogP contribution in [0.3, 0.4) is 0 Å². The van der Waals surface area contributed by atoms with E-state index in [2.05, 4.69) is 19.9 Å². The van der Waals surface area contributed by atoms with E-state index in [1.54, 1.807) is 24.4 Å². The highest BCUT2D eigenvalue weighted by Crippen LogP contribution is 2.13. The summed E-state index contributed by atoms with van der Waals surface area (Å²) in [5.41, 5.74) is 5.84. The lowest BCUT2D eigenvalue weighted by Crippen LogP contribution is -2.05. The molecule has 7 heteroatoms. The minimum atomic E-state index is -0.0745. The highest BCUT2D eigenvalue weighted by Gasteiger charge is 2.08. The molecule has 2 rings (SSSR count). The Morgan fingerprint density at radius 2 is 2.18 bits per heavy atom. The highest BCUT2D eigenvalue weighted by molar-refractivity contribution is 7.99. The van der Waals surface area contributed by atoms with Crippen molar-refractivity contribution >= 4 is 23.5 Å². The second-order valence-electron chi connectivity index (χ2n) is 3.05. The van der Waals surface area contributed by atoms with Crippen LogP contribution >= 0.6 is 11.8 Å². The molecule has 0 fully saturated rings. The Hall–Kier alpha value is -2.02. The van der Waals surface area contributed by atoms with Gasteiger partial charge in [-0.1, -0.05) is 17.8 Å². The van der Waals surface area contributed by atoms with Gasteiger partial charge in [0.2, 0.25) is 5.95 Å². The molecule has 0 saturated carbocycles. The van der Waals surface area contributed by atoms with E-state index >= 15 is 0 Å². The molecule has 0 amide bonds. The normalized spacial score (nSPS) is 10.1. The zero-order valence-corrected chi connectivity index (χ0v) is 9.59. The van der Waals surface area contributed by atoms with Gasteiger partial charge in [-0.05, 0) is 12.1 Å². The van der Waals surface area contributed by atoms with Gasteiger partial charge in [0.05, 0.1) is 5.75 Å². The number of thioether (sulfide) groups is 1. The molecule has 2 N–H and O–H groups in total. The first kappa shape index (κ1) is 11.5. The molecule has 2 heterocycles. The van der Waals surface area contributed by atoms with Crippen LogP contribution in [0.2, 0.25) is 0 Å². The van der Waals surface area contributed by atoms with E-state index < -0.39 is 0 Å². The summed E-state index contributed by atoms with van der Waals surface area (Å²) in [5.74, 6) is 0.294. The molecule has 0 unspecified atom stereocenters. The van der Waals surface area contributed by atoms with Gasteiger partial charge in [0.25, 0.3) is 0 Å². The van der Waals surface area contributed by atoms with E-state index in [0.717, 1.165) is 0 Å². The summed E-state index contributed by atoms with van der Waals surface area (Å²) in [7, 11) is 0. The topological polar surface area (TPSA) is 94.7 Å². The van der Waals surface area contributed by atoms with Gasteiger partial charge < -0.3 is 5.73 Å². The van der Waals surface area contributed by atoms with Crippen molar-refractivity contribution in [2.45, 2.75) is 5.16 Å². The Bertz CT molecular complexity index is 519. The molecule has 0 aliphatic rings. The number of Topliss-reactive ketones (excluding diaryl/α,β-unsaturated/α-hetero) is 1. The molecule has 17 heavy (non-hydrogen) atoms. The van der Waals surface area contributed by atoms with Gasteiger partial charge in [0.15, 0.2) is 10.9 Å². The van der Waals surface area contributed by atoms with Crippen molar-refractivity contribution in [2.75, 3.05) is 11.5 Å². The first-order valence-electron chi connectivity index (χ1n) is 4.77. The lowest BCUT2D eigenvalue weighted by atomic mass is 10.3. The number of pyridine rings is 1. The first-order valence-corrected chi connectivity index (χ1v) is 5.76. The maximum absolute atomic E-state index is 11.7. The van der Waals surface area contributed by atoms with E-state index in [0.29, 0.717) is 10.9 Å². The molecule has 0 aliphatic carbocycles. The quantitative estimate of drug-likeness (QED) is 0.631. The number of carbonyl (C=O) groups excluding carboxylic acids is 1. The molecule has 0 atom stereocenters. The summed E-state index contributed by atoms with van der Waals surface area (Å²) in [6.07, 6.45) is 2.90. The Kier molecular flexibility index (Phi) is 3.61. The average molecular weight is 247 g/mol. The molecule has 0 bridgehead atoms. The second-order valence-corrected chi connectivity index (χ2v) is 4.00. The molecule has 0 aromatic carbocycles. The van der Waals surface area contributed by atoms with Crippen LogP contribution in [0.5, 0.6) is 0 Å². The maximum Gasteiger partial charge on any atom is 0.223 e. The van der Waals surface area contributed by atoms with Crippen molar-refractivity contribution in [3.63, 3.8) is 0 Å². The number of carbonyl (C=O) groups is 1. The Morgan fingerprint density at radius 3 is 2.88 bits per heavy atom. The number of nitrogens with two attached hydrogens (primary N) is 1. The fraction of sp³-hybridized carbons (Fsp3) is 0.100. The lowest BCUT2D eigenvalue weighted by Gasteiger charge is -1.99. The number of ketones is 1. The van der Waals surface area contributed by atoms with Crippen molar-refractivity contribution in [1.29, 1.82) is 0 Å². The van der Waals surface area contributed by atoms with Crippen molar-refractivity contribution in [1.82, 2.24) is 19.9 Å². The Morgan fingerprint density at radius 1 is 1.29 bits per heavy atom. The third-order valence-electron chi connectivity index (χ3n) is 1.85. The number of aromatic nitrogens is 4. The van der Waals surface area contributed by atoms with E-state index in [-0.39, 0.29) is 17.5 Å². The van der Waals surface area contributed by atoms with Gasteiger partial charge in [-0.3, -0.25) is 9.78 Å². The van der Waals surface area contributed by atoms with Crippen molar-refractivity contribution in [3.8, 4) is 0 Å². The van der Waals surface area contributed by atoms with Gasteiger partial charge >= 0.3 is 0 Å². The highest BCUT2D eigenvalue weighted by atomic mass is 32.2. The van der Waals surface area contributed by atoms with Crippen molar-refractivity contribution in [3.05, 3.63) is 36.4 Å². The number of hydrogen-bond donors (Lipinski definition) is 1. The smallest absolute Gasteiger partial charge is 0.223 e. The molecule has 86 valence electrons. The SMILES string of the molecule is Nc1ncnc(SCC(=O)c2ccccn2)n1. The fourth-order valence-electron chi connectivity index (χ4n) is 1.09. The lowest BCUT2D eigenvalue weighted by molar-refractivity contribution is 0.101. The second kappa shape index (κ2) is 5.35. The number of hydrogen-bond acceptors (Lipinski definition) is 7. The number of nitrogens with zero attached hydrogens (tertiary/aromatic N) is 4. The van der Waals surface area contributed by atoms with Crippen molar-refractivity contribution in [2.24, 2.45) is 0 Å². The van der Waals surface area contributed by atoms with Crippen molar-refractivity contribution < 1.29 is 4.79 Å². The summed E-state index contributed by atoms with van der Waals surface area (Å²) >= 11 is 1.21. The summed E-state index contributed by atoms with van der Waals surface area (Å²) in [4.78, 5) is 27.1. The third-order valence-corrected chi connectivity index (χ3v) is 2.71. The van der Waals surface area contributed by atoms with Crippen LogP contribution in [0, 0.1) is 0 Å². The molecule has 6 nitrogen and oxygen atoms in total. The van der Waals surface area contributed by atoms with Gasteiger partial charge in [-0.15, -0.1) is 0 Å². The Balaban J connectivity index is 1.97. The van der Waals surface area contributed by atoms with E-state index in [4.69, 9.17) is 5.73 Å². The van der Waals surface area contributed by atoms with E-state index in [1.165, 1.54) is 18.1 Å². The first-order chi connectivity index (χ1) is 8.25. The van der Waals surface area contributed by atoms with Crippen LogP contribution in [-0.2, 0) is 0 Å². The summed E-state index contributed by atoms with van der Waals surface area (Å²) < 4.78 is 0. The van der Waals surface area contributed by atoms with Gasteiger partial charge in [0, 0.05) is 6.20 Å². The predicted octanol–water partition coefficient (Wildman–Crippen LogP) is 0.824. The summed E-state index contributed by atoms with van der Waals surface area (Å²) in [6.45, 7) is 0. The number of anilines is 1. The van der Waals surface area contributed by atoms with Crippen LogP contribution in [0.15, 0.2) is 35.9 Å². The Labute approximate surface area is 102 Å². The fourth-order valence-corrected chi connectivity index (χ4v) is 1.78. The summed E-state index contributed by atoms with van der Waals surface area (Å²) in [5, 5.41) is 0.432. The minimum Gasteiger partial charge on any atom is -0.368 e. The molecule has 0 radical (unpaired) electrons.